The minimum Gasteiger partial charge on any atom is -0.337 e. The lowest BCUT2D eigenvalue weighted by atomic mass is 10.2. The number of sulfonamides is 1. The molecule has 0 saturated heterocycles. The van der Waals surface area contributed by atoms with Crippen LogP contribution in [0.15, 0.2) is 59.5 Å². The standard InChI is InChI=1S/C16H19N3O3S/c1-13-7-9-15(10-8-13)23(21,22)18-12-11-17-16(20)19-14-5-3-2-4-6-14/h2-10,18H,11-12H2,1H3,(H2,17,19,20). The summed E-state index contributed by atoms with van der Waals surface area (Å²) < 4.78 is 26.5. The van der Waals surface area contributed by atoms with Crippen molar-refractivity contribution in [3.63, 3.8) is 0 Å². The van der Waals surface area contributed by atoms with Crippen LogP contribution in [0.2, 0.25) is 0 Å². The van der Waals surface area contributed by atoms with E-state index in [1.54, 1.807) is 36.4 Å². The van der Waals surface area contributed by atoms with Gasteiger partial charge in [-0.05, 0) is 31.2 Å². The van der Waals surface area contributed by atoms with Crippen LogP contribution in [0.1, 0.15) is 5.56 Å². The summed E-state index contributed by atoms with van der Waals surface area (Å²) in [4.78, 5) is 11.9. The number of amides is 2. The van der Waals surface area contributed by atoms with E-state index in [-0.39, 0.29) is 24.0 Å². The number of anilines is 1. The van der Waals surface area contributed by atoms with Gasteiger partial charge in [-0.25, -0.2) is 17.9 Å². The number of hydrogen-bond acceptors (Lipinski definition) is 3. The molecule has 3 N–H and O–H groups in total. The highest BCUT2D eigenvalue weighted by Gasteiger charge is 2.12. The number of aryl methyl sites for hydroxylation is 1. The van der Waals surface area contributed by atoms with Gasteiger partial charge in [-0.2, -0.15) is 0 Å². The van der Waals surface area contributed by atoms with Gasteiger partial charge in [-0.15, -0.1) is 0 Å². The Morgan fingerprint density at radius 1 is 0.957 bits per heavy atom. The van der Waals surface area contributed by atoms with Gasteiger partial charge in [0.15, 0.2) is 0 Å². The van der Waals surface area contributed by atoms with Crippen LogP contribution < -0.4 is 15.4 Å². The molecule has 2 amide bonds. The van der Waals surface area contributed by atoms with Crippen molar-refractivity contribution in [1.29, 1.82) is 0 Å². The van der Waals surface area contributed by atoms with Crippen LogP contribution in [-0.2, 0) is 10.0 Å². The van der Waals surface area contributed by atoms with Gasteiger partial charge in [0, 0.05) is 18.8 Å². The largest absolute Gasteiger partial charge is 0.337 e. The zero-order chi connectivity index (χ0) is 16.7. The lowest BCUT2D eigenvalue weighted by molar-refractivity contribution is 0.252. The van der Waals surface area contributed by atoms with Gasteiger partial charge in [-0.3, -0.25) is 0 Å². The SMILES string of the molecule is Cc1ccc(S(=O)(=O)NCCNC(=O)Nc2ccccc2)cc1. The van der Waals surface area contributed by atoms with Crippen molar-refractivity contribution in [2.75, 3.05) is 18.4 Å². The van der Waals surface area contributed by atoms with Gasteiger partial charge in [0.05, 0.1) is 4.90 Å². The fraction of sp³-hybridized carbons (Fsp3) is 0.188. The lowest BCUT2D eigenvalue weighted by Gasteiger charge is -2.09. The number of hydrogen-bond donors (Lipinski definition) is 3. The minimum atomic E-state index is -3.56. The van der Waals surface area contributed by atoms with Crippen molar-refractivity contribution in [3.05, 3.63) is 60.2 Å². The molecule has 0 aliphatic heterocycles. The summed E-state index contributed by atoms with van der Waals surface area (Å²) in [5.41, 5.74) is 1.66. The van der Waals surface area contributed by atoms with Crippen LogP contribution in [0, 0.1) is 6.92 Å². The second-order valence-corrected chi connectivity index (χ2v) is 6.72. The molecule has 122 valence electrons. The molecule has 7 heteroatoms. The van der Waals surface area contributed by atoms with Crippen LogP contribution in [0.3, 0.4) is 0 Å². The number of carbonyl (C=O) groups excluding carboxylic acids is 1. The molecule has 23 heavy (non-hydrogen) atoms. The average Bonchev–Trinajstić information content (AvgIpc) is 2.53. The minimum absolute atomic E-state index is 0.110. The first-order valence-electron chi connectivity index (χ1n) is 7.13. The maximum absolute atomic E-state index is 12.0. The topological polar surface area (TPSA) is 87.3 Å². The van der Waals surface area contributed by atoms with Crippen LogP contribution >= 0.6 is 0 Å². The van der Waals surface area contributed by atoms with E-state index in [4.69, 9.17) is 0 Å². The number of para-hydroxylation sites is 1. The smallest absolute Gasteiger partial charge is 0.319 e. The first-order chi connectivity index (χ1) is 11.0. The normalized spacial score (nSPS) is 11.0. The lowest BCUT2D eigenvalue weighted by Crippen LogP contribution is -2.36. The van der Waals surface area contributed by atoms with E-state index < -0.39 is 10.0 Å². The molecule has 0 bridgehead atoms. The van der Waals surface area contributed by atoms with E-state index in [1.165, 1.54) is 0 Å². The molecule has 0 aliphatic carbocycles. The third-order valence-corrected chi connectivity index (χ3v) is 4.54. The Kier molecular flexibility index (Phi) is 5.72. The van der Waals surface area contributed by atoms with Gasteiger partial charge in [-0.1, -0.05) is 35.9 Å². The Bertz CT molecular complexity index is 744. The molecule has 0 spiro atoms. The van der Waals surface area contributed by atoms with Crippen molar-refractivity contribution >= 4 is 21.7 Å². The fourth-order valence-electron chi connectivity index (χ4n) is 1.86. The third kappa shape index (κ3) is 5.39. The summed E-state index contributed by atoms with van der Waals surface area (Å²) in [7, 11) is -3.56. The molecule has 0 aliphatic rings. The molecule has 0 aromatic heterocycles. The van der Waals surface area contributed by atoms with Gasteiger partial charge in [0.25, 0.3) is 0 Å². The van der Waals surface area contributed by atoms with Gasteiger partial charge < -0.3 is 10.6 Å². The average molecular weight is 333 g/mol. The molecule has 0 heterocycles. The zero-order valence-electron chi connectivity index (χ0n) is 12.7. The highest BCUT2D eigenvalue weighted by Crippen LogP contribution is 2.09. The second kappa shape index (κ2) is 7.75. The van der Waals surface area contributed by atoms with Crippen molar-refractivity contribution in [2.24, 2.45) is 0 Å². The summed E-state index contributed by atoms with van der Waals surface area (Å²) in [6.45, 7) is 2.18. The molecule has 0 fully saturated rings. The predicted octanol–water partition coefficient (Wildman–Crippen LogP) is 2.10. The first-order valence-corrected chi connectivity index (χ1v) is 8.62. The Morgan fingerprint density at radius 3 is 2.26 bits per heavy atom. The number of carbonyl (C=O) groups is 1. The molecule has 2 rings (SSSR count). The first kappa shape index (κ1) is 17.0. The maximum Gasteiger partial charge on any atom is 0.319 e. The van der Waals surface area contributed by atoms with E-state index in [2.05, 4.69) is 15.4 Å². The number of nitrogens with one attached hydrogen (secondary N) is 3. The Morgan fingerprint density at radius 2 is 1.61 bits per heavy atom. The van der Waals surface area contributed by atoms with Crippen LogP contribution in [0.25, 0.3) is 0 Å². The van der Waals surface area contributed by atoms with E-state index >= 15 is 0 Å². The fourth-order valence-corrected chi connectivity index (χ4v) is 2.89. The molecule has 2 aromatic rings. The van der Waals surface area contributed by atoms with Crippen molar-refractivity contribution in [3.8, 4) is 0 Å². The Balaban J connectivity index is 1.76. The summed E-state index contributed by atoms with van der Waals surface area (Å²) in [6.07, 6.45) is 0. The van der Waals surface area contributed by atoms with E-state index in [0.717, 1.165) is 5.56 Å². The molecule has 2 aromatic carbocycles. The van der Waals surface area contributed by atoms with Crippen LogP contribution in [-0.4, -0.2) is 27.5 Å². The summed E-state index contributed by atoms with van der Waals surface area (Å²) >= 11 is 0. The van der Waals surface area contributed by atoms with E-state index in [9.17, 15) is 13.2 Å². The zero-order valence-corrected chi connectivity index (χ0v) is 13.6. The molecular formula is C16H19N3O3S. The van der Waals surface area contributed by atoms with Gasteiger partial charge in [0.1, 0.15) is 0 Å². The highest BCUT2D eigenvalue weighted by atomic mass is 32.2. The van der Waals surface area contributed by atoms with Crippen molar-refractivity contribution < 1.29 is 13.2 Å². The van der Waals surface area contributed by atoms with Crippen LogP contribution in [0.4, 0.5) is 10.5 Å². The molecule has 0 unspecified atom stereocenters. The van der Waals surface area contributed by atoms with E-state index in [1.807, 2.05) is 25.1 Å². The van der Waals surface area contributed by atoms with Gasteiger partial charge in [0.2, 0.25) is 10.0 Å². The quantitative estimate of drug-likeness (QED) is 0.708. The molecular weight excluding hydrogens is 314 g/mol. The Hall–Kier alpha value is -2.38. The summed E-state index contributed by atoms with van der Waals surface area (Å²) in [5, 5.41) is 5.24. The molecule has 0 radical (unpaired) electrons. The predicted molar refractivity (Wildman–Crippen MR) is 89.8 cm³/mol. The van der Waals surface area contributed by atoms with Gasteiger partial charge >= 0.3 is 6.03 Å². The maximum atomic E-state index is 12.0. The summed E-state index contributed by atoms with van der Waals surface area (Å²) in [6, 6.07) is 15.2. The van der Waals surface area contributed by atoms with Crippen LogP contribution in [0.5, 0.6) is 0 Å². The third-order valence-electron chi connectivity index (χ3n) is 3.07. The number of rotatable bonds is 6. The molecule has 6 nitrogen and oxygen atoms in total. The number of benzene rings is 2. The summed E-state index contributed by atoms with van der Waals surface area (Å²) in [5.74, 6) is 0. The monoisotopic (exact) mass is 333 g/mol. The van der Waals surface area contributed by atoms with E-state index in [0.29, 0.717) is 5.69 Å². The van der Waals surface area contributed by atoms with Crippen molar-refractivity contribution in [2.45, 2.75) is 11.8 Å². The number of urea groups is 1. The highest BCUT2D eigenvalue weighted by molar-refractivity contribution is 7.89. The Labute approximate surface area is 136 Å². The molecule has 0 atom stereocenters. The molecule has 0 saturated carbocycles. The second-order valence-electron chi connectivity index (χ2n) is 4.96. The van der Waals surface area contributed by atoms with Crippen molar-refractivity contribution in [1.82, 2.24) is 10.0 Å².